The number of unbranched alkanes of at least 4 members (excludes halogenated alkanes) is 1. The molecule has 2 amide bonds. The molecule has 0 saturated carbocycles. The van der Waals surface area contributed by atoms with Gasteiger partial charge in [0, 0.05) is 18.9 Å². The number of carboxylic acids is 1. The third kappa shape index (κ3) is 9.43. The van der Waals surface area contributed by atoms with E-state index in [1.165, 1.54) is 0 Å². The molecule has 4 aromatic rings. The minimum Gasteiger partial charge on any atom is -0.494 e. The Balaban J connectivity index is 1.12. The number of alkyl carbamates (subject to hydrolysis) is 2. The molecule has 0 spiro atoms. The Hall–Kier alpha value is -5.31. The molecule has 0 bridgehead atoms. The Morgan fingerprint density at radius 3 is 2.10 bits per heavy atom. The molecular formula is C41H46N2O7. The van der Waals surface area contributed by atoms with Crippen LogP contribution in [0, 0.1) is 0 Å². The zero-order chi connectivity index (χ0) is 35.7. The lowest BCUT2D eigenvalue weighted by Crippen LogP contribution is -2.42. The molecular weight excluding hydrogens is 632 g/mol. The van der Waals surface area contributed by atoms with Gasteiger partial charge in [-0.1, -0.05) is 85.8 Å². The number of aliphatic carboxylic acids is 1. The van der Waals surface area contributed by atoms with Gasteiger partial charge in [-0.25, -0.2) is 14.4 Å². The number of hydrogen-bond donors (Lipinski definition) is 3. The number of fused-ring (bicyclic) bond motifs is 3. The van der Waals surface area contributed by atoms with Crippen molar-refractivity contribution in [1.29, 1.82) is 0 Å². The van der Waals surface area contributed by atoms with Gasteiger partial charge in [0.2, 0.25) is 0 Å². The molecule has 0 heterocycles. The molecule has 0 fully saturated rings. The van der Waals surface area contributed by atoms with Gasteiger partial charge in [-0.15, -0.1) is 0 Å². The Morgan fingerprint density at radius 2 is 1.48 bits per heavy atom. The number of benzene rings is 4. The zero-order valence-electron chi connectivity index (χ0n) is 29.2. The maximum absolute atomic E-state index is 12.9. The van der Waals surface area contributed by atoms with Crippen LogP contribution in [0.2, 0.25) is 0 Å². The Morgan fingerprint density at radius 1 is 0.820 bits per heavy atom. The zero-order valence-corrected chi connectivity index (χ0v) is 29.2. The third-order valence-electron chi connectivity index (χ3n) is 8.60. The van der Waals surface area contributed by atoms with Gasteiger partial charge in [0.05, 0.1) is 6.61 Å². The first-order valence-corrected chi connectivity index (χ1v) is 17.2. The van der Waals surface area contributed by atoms with Crippen molar-refractivity contribution in [2.24, 2.45) is 0 Å². The number of rotatable bonds is 14. The van der Waals surface area contributed by atoms with E-state index in [0.717, 1.165) is 69.5 Å². The van der Waals surface area contributed by atoms with Crippen LogP contribution in [-0.2, 0) is 27.1 Å². The summed E-state index contributed by atoms with van der Waals surface area (Å²) >= 11 is 0. The van der Waals surface area contributed by atoms with E-state index in [4.69, 9.17) is 14.2 Å². The van der Waals surface area contributed by atoms with Crippen molar-refractivity contribution in [1.82, 2.24) is 10.6 Å². The van der Waals surface area contributed by atoms with Gasteiger partial charge >= 0.3 is 18.2 Å². The van der Waals surface area contributed by atoms with Crippen LogP contribution in [0.1, 0.15) is 68.7 Å². The Kier molecular flexibility index (Phi) is 11.8. The fourth-order valence-electron chi connectivity index (χ4n) is 6.22. The number of amides is 2. The second-order valence-corrected chi connectivity index (χ2v) is 13.4. The topological polar surface area (TPSA) is 123 Å². The monoisotopic (exact) mass is 678 g/mol. The lowest BCUT2D eigenvalue weighted by atomic mass is 9.94. The minimum atomic E-state index is -1.15. The van der Waals surface area contributed by atoms with Gasteiger partial charge in [0.25, 0.3) is 0 Å². The third-order valence-corrected chi connectivity index (χ3v) is 8.60. The van der Waals surface area contributed by atoms with Crippen molar-refractivity contribution < 1.29 is 33.7 Å². The molecule has 1 atom stereocenters. The van der Waals surface area contributed by atoms with Crippen molar-refractivity contribution in [2.75, 3.05) is 19.8 Å². The van der Waals surface area contributed by atoms with Crippen LogP contribution in [0.3, 0.4) is 0 Å². The number of carbonyl (C=O) groups excluding carboxylic acids is 2. The lowest BCUT2D eigenvalue weighted by molar-refractivity contribution is -0.139. The van der Waals surface area contributed by atoms with Crippen LogP contribution in [0.4, 0.5) is 9.59 Å². The van der Waals surface area contributed by atoms with Crippen LogP contribution in [0.25, 0.3) is 22.3 Å². The lowest BCUT2D eigenvalue weighted by Gasteiger charge is -2.19. The fraction of sp³-hybridized carbons (Fsp3) is 0.341. The van der Waals surface area contributed by atoms with Crippen LogP contribution in [0.5, 0.6) is 5.75 Å². The molecule has 0 radical (unpaired) electrons. The Labute approximate surface area is 294 Å². The van der Waals surface area contributed by atoms with Crippen molar-refractivity contribution in [3.8, 4) is 28.0 Å². The molecule has 9 heteroatoms. The molecule has 9 nitrogen and oxygen atoms in total. The number of hydrogen-bond acceptors (Lipinski definition) is 6. The summed E-state index contributed by atoms with van der Waals surface area (Å²) in [7, 11) is 0. The molecule has 4 aromatic carbocycles. The smallest absolute Gasteiger partial charge is 0.407 e. The van der Waals surface area contributed by atoms with E-state index in [2.05, 4.69) is 29.7 Å². The Bertz CT molecular complexity index is 1750. The molecule has 1 unspecified atom stereocenters. The standard InChI is InChI=1S/C41H46N2O7/c1-5-28-24-27(16-21-31(28)29-17-19-30(20-18-29)48-23-11-10-22-42-39(46)50-41(2,3)4)25-37(38(44)45)43-40(47)49-26-36-34-14-8-6-12-32(34)33-13-7-9-15-35(33)36/h6-9,12-21,24,36-37H,5,10-11,22-23,25-26H2,1-4H3,(H,42,46)(H,43,47)(H,44,45). The average Bonchev–Trinajstić information content (AvgIpc) is 3.41. The second kappa shape index (κ2) is 16.4. The summed E-state index contributed by atoms with van der Waals surface area (Å²) < 4.78 is 16.7. The molecule has 1 aliphatic carbocycles. The van der Waals surface area contributed by atoms with Gasteiger partial charge in [0.1, 0.15) is 24.0 Å². The molecule has 50 heavy (non-hydrogen) atoms. The number of aryl methyl sites for hydroxylation is 1. The van der Waals surface area contributed by atoms with Crippen molar-refractivity contribution in [3.63, 3.8) is 0 Å². The highest BCUT2D eigenvalue weighted by Crippen LogP contribution is 2.44. The van der Waals surface area contributed by atoms with E-state index < -0.39 is 29.8 Å². The summed E-state index contributed by atoms with van der Waals surface area (Å²) in [6, 6.07) is 28.8. The molecule has 0 saturated heterocycles. The molecule has 3 N–H and O–H groups in total. The molecule has 5 rings (SSSR count). The predicted molar refractivity (Wildman–Crippen MR) is 194 cm³/mol. The van der Waals surface area contributed by atoms with Gasteiger partial charge in [-0.3, -0.25) is 0 Å². The average molecular weight is 679 g/mol. The van der Waals surface area contributed by atoms with E-state index in [0.29, 0.717) is 13.2 Å². The number of carbonyl (C=O) groups is 3. The SMILES string of the molecule is CCc1cc(CC(NC(=O)OCC2c3ccccc3-c3ccccc32)C(=O)O)ccc1-c1ccc(OCCCCNC(=O)OC(C)(C)C)cc1. The summed E-state index contributed by atoms with van der Waals surface area (Å²) in [4.78, 5) is 36.8. The summed E-state index contributed by atoms with van der Waals surface area (Å²) in [5.74, 6) is -0.487. The van der Waals surface area contributed by atoms with Gasteiger partial charge in [-0.2, -0.15) is 0 Å². The first-order chi connectivity index (χ1) is 24.0. The highest BCUT2D eigenvalue weighted by molar-refractivity contribution is 5.81. The molecule has 262 valence electrons. The molecule has 1 aliphatic rings. The van der Waals surface area contributed by atoms with Gasteiger partial charge < -0.3 is 30.0 Å². The normalized spacial score (nSPS) is 12.7. The van der Waals surface area contributed by atoms with Crippen LogP contribution in [-0.4, -0.2) is 54.7 Å². The van der Waals surface area contributed by atoms with E-state index in [1.54, 1.807) is 0 Å². The van der Waals surface area contributed by atoms with Crippen molar-refractivity contribution >= 4 is 18.2 Å². The summed E-state index contributed by atoms with van der Waals surface area (Å²) in [6.45, 7) is 8.71. The number of ether oxygens (including phenoxy) is 3. The highest BCUT2D eigenvalue weighted by Gasteiger charge is 2.30. The van der Waals surface area contributed by atoms with Gasteiger partial charge in [-0.05, 0) is 96.7 Å². The molecule has 0 aromatic heterocycles. The van der Waals surface area contributed by atoms with Gasteiger partial charge in [0.15, 0.2) is 0 Å². The summed E-state index contributed by atoms with van der Waals surface area (Å²) in [5, 5.41) is 15.3. The maximum atomic E-state index is 12.9. The van der Waals surface area contributed by atoms with E-state index >= 15 is 0 Å². The summed E-state index contributed by atoms with van der Waals surface area (Å²) in [5.41, 5.74) is 7.85. The largest absolute Gasteiger partial charge is 0.494 e. The predicted octanol–water partition coefficient (Wildman–Crippen LogP) is 8.13. The van der Waals surface area contributed by atoms with Crippen LogP contribution >= 0.6 is 0 Å². The van der Waals surface area contributed by atoms with Crippen LogP contribution < -0.4 is 15.4 Å². The summed E-state index contributed by atoms with van der Waals surface area (Å²) in [6.07, 6.45) is 1.25. The first kappa shape index (κ1) is 36.0. The quantitative estimate of drug-likeness (QED) is 0.115. The number of carboxylic acid groups (broad SMARTS) is 1. The van der Waals surface area contributed by atoms with Crippen molar-refractivity contribution in [2.45, 2.75) is 70.9 Å². The van der Waals surface area contributed by atoms with E-state index in [9.17, 15) is 19.5 Å². The first-order valence-electron chi connectivity index (χ1n) is 17.2. The fourth-order valence-corrected chi connectivity index (χ4v) is 6.22. The second-order valence-electron chi connectivity index (χ2n) is 13.4. The van der Waals surface area contributed by atoms with Crippen molar-refractivity contribution in [3.05, 3.63) is 113 Å². The molecule has 0 aliphatic heterocycles. The minimum absolute atomic E-state index is 0.109. The van der Waals surface area contributed by atoms with E-state index in [1.807, 2.05) is 99.6 Å². The van der Waals surface area contributed by atoms with E-state index in [-0.39, 0.29) is 18.9 Å². The van der Waals surface area contributed by atoms with Crippen LogP contribution in [0.15, 0.2) is 91.0 Å². The highest BCUT2D eigenvalue weighted by atomic mass is 16.6. The number of nitrogens with one attached hydrogen (secondary N) is 2. The maximum Gasteiger partial charge on any atom is 0.407 e.